The van der Waals surface area contributed by atoms with Crippen molar-refractivity contribution in [1.82, 2.24) is 9.80 Å². The molecule has 144 valence electrons. The van der Waals surface area contributed by atoms with Crippen LogP contribution in [0.4, 0.5) is 14.5 Å². The highest BCUT2D eigenvalue weighted by Gasteiger charge is 2.20. The van der Waals surface area contributed by atoms with Gasteiger partial charge in [0, 0.05) is 38.3 Å². The summed E-state index contributed by atoms with van der Waals surface area (Å²) in [5, 5.41) is 2.60. The molecule has 5 nitrogen and oxygen atoms in total. The van der Waals surface area contributed by atoms with Crippen molar-refractivity contribution in [2.45, 2.75) is 6.54 Å². The maximum Gasteiger partial charge on any atom is 0.238 e. The molecular formula is C20H23F2N3O2. The van der Waals surface area contributed by atoms with Crippen LogP contribution in [0.5, 0.6) is 5.75 Å². The fourth-order valence-electron chi connectivity index (χ4n) is 3.17. The number of para-hydroxylation sites is 1. The van der Waals surface area contributed by atoms with Gasteiger partial charge in [0.15, 0.2) is 0 Å². The Bertz CT molecular complexity index is 793. The van der Waals surface area contributed by atoms with E-state index in [-0.39, 0.29) is 24.0 Å². The first-order valence-corrected chi connectivity index (χ1v) is 8.86. The van der Waals surface area contributed by atoms with Gasteiger partial charge in [-0.25, -0.2) is 8.78 Å². The zero-order valence-corrected chi connectivity index (χ0v) is 15.3. The van der Waals surface area contributed by atoms with E-state index in [9.17, 15) is 13.6 Å². The molecule has 0 radical (unpaired) electrons. The van der Waals surface area contributed by atoms with Crippen LogP contribution in [0, 0.1) is 11.6 Å². The first kappa shape index (κ1) is 19.3. The van der Waals surface area contributed by atoms with Crippen molar-refractivity contribution in [3.05, 3.63) is 59.7 Å². The van der Waals surface area contributed by atoms with E-state index in [4.69, 9.17) is 4.74 Å². The third-order valence-electron chi connectivity index (χ3n) is 4.62. The van der Waals surface area contributed by atoms with Crippen LogP contribution >= 0.6 is 0 Å². The minimum absolute atomic E-state index is 0.194. The molecule has 0 unspecified atom stereocenters. The van der Waals surface area contributed by atoms with Crippen molar-refractivity contribution >= 4 is 11.6 Å². The lowest BCUT2D eigenvalue weighted by atomic mass is 10.1. The number of hydrogen-bond donors (Lipinski definition) is 1. The molecule has 0 atom stereocenters. The van der Waals surface area contributed by atoms with Gasteiger partial charge in [0.25, 0.3) is 0 Å². The maximum atomic E-state index is 13.6. The summed E-state index contributed by atoms with van der Waals surface area (Å²) in [5.74, 6) is -0.294. The van der Waals surface area contributed by atoms with Gasteiger partial charge in [-0.05, 0) is 30.3 Å². The normalized spacial score (nSPS) is 15.5. The molecule has 1 aliphatic heterocycles. The fraction of sp³-hybridized carbons (Fsp3) is 0.350. The van der Waals surface area contributed by atoms with Gasteiger partial charge in [-0.15, -0.1) is 0 Å². The van der Waals surface area contributed by atoms with Crippen molar-refractivity contribution < 1.29 is 18.3 Å². The number of anilines is 1. The second-order valence-corrected chi connectivity index (χ2v) is 6.54. The van der Waals surface area contributed by atoms with Gasteiger partial charge in [-0.2, -0.15) is 0 Å². The molecule has 1 fully saturated rings. The zero-order chi connectivity index (χ0) is 19.2. The lowest BCUT2D eigenvalue weighted by molar-refractivity contribution is -0.117. The van der Waals surface area contributed by atoms with E-state index in [2.05, 4.69) is 10.2 Å². The Morgan fingerprint density at radius 3 is 2.48 bits per heavy atom. The van der Waals surface area contributed by atoms with Crippen LogP contribution < -0.4 is 10.1 Å². The predicted molar refractivity (Wildman–Crippen MR) is 99.7 cm³/mol. The SMILES string of the molecule is COc1ccc(F)cc1CN1CCN(CC(=O)Nc2ccccc2F)CC1. The van der Waals surface area contributed by atoms with Crippen LogP contribution in [0.3, 0.4) is 0 Å². The molecule has 0 aliphatic carbocycles. The van der Waals surface area contributed by atoms with Gasteiger partial charge in [-0.1, -0.05) is 12.1 Å². The van der Waals surface area contributed by atoms with Crippen LogP contribution in [0.25, 0.3) is 0 Å². The summed E-state index contributed by atoms with van der Waals surface area (Å²) in [5.41, 5.74) is 1.00. The molecule has 2 aromatic carbocycles. The first-order chi connectivity index (χ1) is 13.0. The molecule has 3 rings (SSSR count). The Kier molecular flexibility index (Phi) is 6.36. The van der Waals surface area contributed by atoms with Gasteiger partial charge in [0.1, 0.15) is 17.4 Å². The number of carbonyl (C=O) groups excluding carboxylic acids is 1. The second kappa shape index (κ2) is 8.92. The average molecular weight is 375 g/mol. The molecule has 1 saturated heterocycles. The molecule has 1 heterocycles. The van der Waals surface area contributed by atoms with E-state index in [1.807, 2.05) is 4.90 Å². The quantitative estimate of drug-likeness (QED) is 0.843. The number of hydrogen-bond acceptors (Lipinski definition) is 4. The van der Waals surface area contributed by atoms with Crippen molar-refractivity contribution in [2.75, 3.05) is 45.2 Å². The van der Waals surface area contributed by atoms with Gasteiger partial charge < -0.3 is 10.1 Å². The standard InChI is InChI=1S/C20H23F2N3O2/c1-27-19-7-6-16(21)12-15(19)13-24-8-10-25(11-9-24)14-20(26)23-18-5-3-2-4-17(18)22/h2-7,12H,8-11,13-14H2,1H3,(H,23,26). The van der Waals surface area contributed by atoms with Gasteiger partial charge in [0.2, 0.25) is 5.91 Å². The van der Waals surface area contributed by atoms with Crippen molar-refractivity contribution in [2.24, 2.45) is 0 Å². The second-order valence-electron chi connectivity index (χ2n) is 6.54. The molecule has 0 bridgehead atoms. The number of benzene rings is 2. The smallest absolute Gasteiger partial charge is 0.238 e. The Morgan fingerprint density at radius 1 is 1.07 bits per heavy atom. The summed E-state index contributed by atoms with van der Waals surface area (Å²) < 4.78 is 32.4. The van der Waals surface area contributed by atoms with E-state index in [1.54, 1.807) is 25.3 Å². The van der Waals surface area contributed by atoms with Crippen LogP contribution in [0.2, 0.25) is 0 Å². The number of carbonyl (C=O) groups is 1. The molecule has 0 spiro atoms. The predicted octanol–water partition coefficient (Wildman–Crippen LogP) is 2.73. The topological polar surface area (TPSA) is 44.8 Å². The number of amides is 1. The van der Waals surface area contributed by atoms with E-state index in [0.717, 1.165) is 18.7 Å². The van der Waals surface area contributed by atoms with Crippen molar-refractivity contribution in [3.8, 4) is 5.75 Å². The molecular weight excluding hydrogens is 352 g/mol. The molecule has 1 N–H and O–H groups in total. The first-order valence-electron chi connectivity index (χ1n) is 8.86. The Balaban J connectivity index is 1.48. The Morgan fingerprint density at radius 2 is 1.78 bits per heavy atom. The number of nitrogens with zero attached hydrogens (tertiary/aromatic N) is 2. The molecule has 2 aromatic rings. The van der Waals surface area contributed by atoms with Gasteiger partial charge in [-0.3, -0.25) is 14.6 Å². The van der Waals surface area contributed by atoms with Crippen molar-refractivity contribution in [1.29, 1.82) is 0 Å². The third-order valence-corrected chi connectivity index (χ3v) is 4.62. The average Bonchev–Trinajstić information content (AvgIpc) is 2.65. The van der Waals surface area contributed by atoms with Gasteiger partial charge in [0.05, 0.1) is 19.3 Å². The highest BCUT2D eigenvalue weighted by Crippen LogP contribution is 2.21. The number of nitrogens with one attached hydrogen (secondary N) is 1. The molecule has 27 heavy (non-hydrogen) atoms. The number of halogens is 2. The largest absolute Gasteiger partial charge is 0.496 e. The third kappa shape index (κ3) is 5.24. The number of rotatable bonds is 6. The van der Waals surface area contributed by atoms with Gasteiger partial charge >= 0.3 is 0 Å². The lowest BCUT2D eigenvalue weighted by Crippen LogP contribution is -2.48. The number of piperazine rings is 1. The summed E-state index contributed by atoms with van der Waals surface area (Å²) in [6.07, 6.45) is 0. The molecule has 1 aliphatic rings. The Hall–Kier alpha value is -2.51. The lowest BCUT2D eigenvalue weighted by Gasteiger charge is -2.34. The van der Waals surface area contributed by atoms with Crippen LogP contribution in [-0.4, -0.2) is 55.5 Å². The van der Waals surface area contributed by atoms with Crippen LogP contribution in [0.1, 0.15) is 5.56 Å². The van der Waals surface area contributed by atoms with E-state index >= 15 is 0 Å². The summed E-state index contributed by atoms with van der Waals surface area (Å²) in [7, 11) is 1.57. The minimum atomic E-state index is -0.445. The van der Waals surface area contributed by atoms with E-state index in [1.165, 1.54) is 24.3 Å². The number of methoxy groups -OCH3 is 1. The fourth-order valence-corrected chi connectivity index (χ4v) is 3.17. The van der Waals surface area contributed by atoms with Crippen LogP contribution in [-0.2, 0) is 11.3 Å². The number of ether oxygens (including phenoxy) is 1. The van der Waals surface area contributed by atoms with E-state index < -0.39 is 5.82 Å². The molecule has 7 heteroatoms. The summed E-state index contributed by atoms with van der Waals surface area (Å²) in [6, 6.07) is 10.6. The van der Waals surface area contributed by atoms with Crippen molar-refractivity contribution in [3.63, 3.8) is 0 Å². The minimum Gasteiger partial charge on any atom is -0.496 e. The van der Waals surface area contributed by atoms with E-state index in [0.29, 0.717) is 25.4 Å². The van der Waals surface area contributed by atoms with Crippen LogP contribution in [0.15, 0.2) is 42.5 Å². The Labute approximate surface area is 157 Å². The molecule has 1 amide bonds. The molecule has 0 aromatic heterocycles. The monoisotopic (exact) mass is 375 g/mol. The zero-order valence-electron chi connectivity index (χ0n) is 15.3. The summed E-state index contributed by atoms with van der Waals surface area (Å²) in [6.45, 7) is 3.74. The summed E-state index contributed by atoms with van der Waals surface area (Å²) >= 11 is 0. The summed E-state index contributed by atoms with van der Waals surface area (Å²) in [4.78, 5) is 16.4. The highest BCUT2D eigenvalue weighted by atomic mass is 19.1. The molecule has 0 saturated carbocycles. The maximum absolute atomic E-state index is 13.6. The highest BCUT2D eigenvalue weighted by molar-refractivity contribution is 5.92.